The van der Waals surface area contributed by atoms with Crippen molar-refractivity contribution in [2.24, 2.45) is 0 Å². The number of carbonyl (C=O) groups is 1. The zero-order valence-electron chi connectivity index (χ0n) is 16.4. The van der Waals surface area contributed by atoms with Crippen LogP contribution in [-0.4, -0.2) is 16.2 Å². The van der Waals surface area contributed by atoms with E-state index in [1.807, 2.05) is 12.1 Å². The first kappa shape index (κ1) is 19.9. The highest BCUT2D eigenvalue weighted by Gasteiger charge is 2.11. The minimum atomic E-state index is -0.438. The second kappa shape index (κ2) is 8.97. The lowest BCUT2D eigenvalue weighted by Gasteiger charge is -2.09. The van der Waals surface area contributed by atoms with Gasteiger partial charge in [-0.15, -0.1) is 0 Å². The van der Waals surface area contributed by atoms with Crippen molar-refractivity contribution in [3.8, 4) is 11.8 Å². The van der Waals surface area contributed by atoms with E-state index < -0.39 is 6.03 Å². The molecule has 2 amide bonds. The van der Waals surface area contributed by atoms with Gasteiger partial charge in [-0.1, -0.05) is 30.3 Å². The first-order chi connectivity index (χ1) is 15.1. The summed E-state index contributed by atoms with van der Waals surface area (Å²) >= 11 is 0. The number of rotatable bonds is 6. The van der Waals surface area contributed by atoms with Gasteiger partial charge in [0.1, 0.15) is 18.2 Å². The normalized spacial score (nSPS) is 10.5. The number of aromatic nitrogens is 2. The number of amides is 2. The molecule has 0 aliphatic heterocycles. The number of nitrogens with zero attached hydrogens (tertiary/aromatic N) is 2. The Labute approximate surface area is 177 Å². The lowest BCUT2D eigenvalue weighted by Crippen LogP contribution is -2.28. The number of fused-ring (bicyclic) bond motifs is 1. The summed E-state index contributed by atoms with van der Waals surface area (Å²) in [6, 6.07) is 20.2. The molecule has 0 saturated carbocycles. The van der Waals surface area contributed by atoms with Crippen LogP contribution in [0, 0.1) is 17.1 Å². The maximum Gasteiger partial charge on any atom is 0.320 e. The summed E-state index contributed by atoms with van der Waals surface area (Å²) in [5, 5.41) is 22.3. The third-order valence-corrected chi connectivity index (χ3v) is 4.66. The van der Waals surface area contributed by atoms with Crippen LogP contribution < -0.4 is 15.4 Å². The van der Waals surface area contributed by atoms with Crippen molar-refractivity contribution >= 4 is 22.8 Å². The number of hydrogen-bond acceptors (Lipinski definition) is 4. The van der Waals surface area contributed by atoms with Crippen molar-refractivity contribution in [1.82, 2.24) is 15.5 Å². The minimum Gasteiger partial charge on any atom is -0.489 e. The van der Waals surface area contributed by atoms with E-state index >= 15 is 0 Å². The molecule has 0 aliphatic carbocycles. The molecule has 0 saturated heterocycles. The Morgan fingerprint density at radius 3 is 2.74 bits per heavy atom. The van der Waals surface area contributed by atoms with Gasteiger partial charge in [0.25, 0.3) is 0 Å². The summed E-state index contributed by atoms with van der Waals surface area (Å²) in [4.78, 5) is 12.2. The molecule has 0 spiro atoms. The van der Waals surface area contributed by atoms with Crippen LogP contribution in [0.1, 0.15) is 16.7 Å². The molecule has 0 radical (unpaired) electrons. The smallest absolute Gasteiger partial charge is 0.320 e. The third-order valence-electron chi connectivity index (χ3n) is 4.66. The second-order valence-electron chi connectivity index (χ2n) is 6.77. The molecule has 154 valence electrons. The predicted molar refractivity (Wildman–Crippen MR) is 114 cm³/mol. The van der Waals surface area contributed by atoms with Crippen LogP contribution in [-0.2, 0) is 13.2 Å². The number of nitrogens with one attached hydrogen (secondary N) is 3. The van der Waals surface area contributed by atoms with E-state index in [1.54, 1.807) is 42.5 Å². The number of ether oxygens (including phenoxy) is 1. The maximum absolute atomic E-state index is 13.0. The van der Waals surface area contributed by atoms with E-state index in [0.29, 0.717) is 22.5 Å². The van der Waals surface area contributed by atoms with Crippen molar-refractivity contribution in [1.29, 1.82) is 5.26 Å². The van der Waals surface area contributed by atoms with Crippen LogP contribution in [0.4, 0.5) is 15.0 Å². The largest absolute Gasteiger partial charge is 0.489 e. The SMILES string of the molecule is N#Cc1ccccc1COc1ccc2[nH]nc(NC(=O)NCc3ccc(F)cc3)c2c1. The first-order valence-corrected chi connectivity index (χ1v) is 9.50. The standard InChI is InChI=1S/C23H18FN5O2/c24-18-7-5-15(6-8-18)13-26-23(30)27-22-20-11-19(9-10-21(20)28-29-22)31-14-17-4-2-1-3-16(17)12-25/h1-11H,13-14H2,(H3,26,27,28,29,30). The molecule has 8 heteroatoms. The van der Waals surface area contributed by atoms with Crippen molar-refractivity contribution < 1.29 is 13.9 Å². The van der Waals surface area contributed by atoms with E-state index in [-0.39, 0.29) is 19.0 Å². The highest BCUT2D eigenvalue weighted by Crippen LogP contribution is 2.26. The molecule has 31 heavy (non-hydrogen) atoms. The molecule has 0 unspecified atom stereocenters. The Bertz CT molecular complexity index is 1260. The minimum absolute atomic E-state index is 0.244. The molecule has 3 aromatic carbocycles. The molecule has 3 N–H and O–H groups in total. The van der Waals surface area contributed by atoms with Crippen LogP contribution in [0.3, 0.4) is 0 Å². The molecular weight excluding hydrogens is 397 g/mol. The number of benzene rings is 3. The van der Waals surface area contributed by atoms with Gasteiger partial charge in [-0.05, 0) is 42.0 Å². The number of H-pyrrole nitrogens is 1. The van der Waals surface area contributed by atoms with Gasteiger partial charge in [0.05, 0.1) is 17.1 Å². The Morgan fingerprint density at radius 1 is 1.13 bits per heavy atom. The lowest BCUT2D eigenvalue weighted by atomic mass is 10.1. The average molecular weight is 415 g/mol. The first-order valence-electron chi connectivity index (χ1n) is 9.50. The molecule has 4 rings (SSSR count). The van der Waals surface area contributed by atoms with Crippen LogP contribution in [0.15, 0.2) is 66.7 Å². The van der Waals surface area contributed by atoms with E-state index in [4.69, 9.17) is 4.74 Å². The van der Waals surface area contributed by atoms with Gasteiger partial charge in [0.15, 0.2) is 5.82 Å². The quantitative estimate of drug-likeness (QED) is 0.432. The molecular formula is C23H18FN5O2. The van der Waals surface area contributed by atoms with Crippen LogP contribution in [0.5, 0.6) is 5.75 Å². The zero-order chi connectivity index (χ0) is 21.6. The number of anilines is 1. The summed E-state index contributed by atoms with van der Waals surface area (Å²) in [5.74, 6) is 0.608. The van der Waals surface area contributed by atoms with E-state index in [0.717, 1.165) is 16.6 Å². The zero-order valence-corrected chi connectivity index (χ0v) is 16.4. The number of aromatic amines is 1. The van der Waals surface area contributed by atoms with Crippen molar-refractivity contribution in [3.05, 3.63) is 89.2 Å². The topological polar surface area (TPSA) is 103 Å². The van der Waals surface area contributed by atoms with Gasteiger partial charge in [0, 0.05) is 17.5 Å². The predicted octanol–water partition coefficient (Wildman–Crippen LogP) is 4.47. The summed E-state index contributed by atoms with van der Waals surface area (Å²) in [7, 11) is 0. The van der Waals surface area contributed by atoms with E-state index in [9.17, 15) is 14.4 Å². The van der Waals surface area contributed by atoms with Crippen molar-refractivity contribution in [3.63, 3.8) is 0 Å². The Hall–Kier alpha value is -4.38. The van der Waals surface area contributed by atoms with Crippen molar-refractivity contribution in [2.75, 3.05) is 5.32 Å². The fraction of sp³-hybridized carbons (Fsp3) is 0.0870. The molecule has 0 bridgehead atoms. The van der Waals surface area contributed by atoms with Crippen LogP contribution in [0.25, 0.3) is 10.9 Å². The van der Waals surface area contributed by atoms with Gasteiger partial charge in [0.2, 0.25) is 0 Å². The van der Waals surface area contributed by atoms with Crippen LogP contribution >= 0.6 is 0 Å². The fourth-order valence-corrected chi connectivity index (χ4v) is 3.03. The molecule has 0 atom stereocenters. The molecule has 7 nitrogen and oxygen atoms in total. The summed E-state index contributed by atoms with van der Waals surface area (Å²) in [5.41, 5.74) is 2.86. The molecule has 4 aromatic rings. The summed E-state index contributed by atoms with van der Waals surface area (Å²) in [6.45, 7) is 0.495. The number of halogens is 1. The summed E-state index contributed by atoms with van der Waals surface area (Å²) < 4.78 is 18.8. The second-order valence-corrected chi connectivity index (χ2v) is 6.77. The fourth-order valence-electron chi connectivity index (χ4n) is 3.03. The van der Waals surface area contributed by atoms with Crippen molar-refractivity contribution in [2.45, 2.75) is 13.2 Å². The van der Waals surface area contributed by atoms with Gasteiger partial charge in [-0.25, -0.2) is 9.18 Å². The van der Waals surface area contributed by atoms with Gasteiger partial charge >= 0.3 is 6.03 Å². The Kier molecular flexibility index (Phi) is 5.76. The Morgan fingerprint density at radius 2 is 1.94 bits per heavy atom. The van der Waals surface area contributed by atoms with Gasteiger partial charge in [-0.2, -0.15) is 10.4 Å². The summed E-state index contributed by atoms with van der Waals surface area (Å²) in [6.07, 6.45) is 0. The molecule has 0 fully saturated rings. The lowest BCUT2D eigenvalue weighted by molar-refractivity contribution is 0.251. The van der Waals surface area contributed by atoms with E-state index in [2.05, 4.69) is 26.9 Å². The third kappa shape index (κ3) is 4.79. The number of hydrogen-bond donors (Lipinski definition) is 3. The highest BCUT2D eigenvalue weighted by molar-refractivity contribution is 5.99. The monoisotopic (exact) mass is 415 g/mol. The number of urea groups is 1. The molecule has 1 aromatic heterocycles. The maximum atomic E-state index is 13.0. The Balaban J connectivity index is 1.42. The van der Waals surface area contributed by atoms with Gasteiger partial charge < -0.3 is 10.1 Å². The number of carbonyl (C=O) groups excluding carboxylic acids is 1. The molecule has 1 heterocycles. The number of nitriles is 1. The van der Waals surface area contributed by atoms with E-state index in [1.165, 1.54) is 12.1 Å². The highest BCUT2D eigenvalue weighted by atomic mass is 19.1. The average Bonchev–Trinajstić information content (AvgIpc) is 3.19. The van der Waals surface area contributed by atoms with Crippen LogP contribution in [0.2, 0.25) is 0 Å². The van der Waals surface area contributed by atoms with Gasteiger partial charge in [-0.3, -0.25) is 10.4 Å². The molecule has 0 aliphatic rings.